The Morgan fingerprint density at radius 2 is 1.64 bits per heavy atom. The summed E-state index contributed by atoms with van der Waals surface area (Å²) in [5, 5.41) is 16.9. The molecule has 0 aliphatic carbocycles. The van der Waals surface area contributed by atoms with E-state index in [1.54, 1.807) is 13.8 Å². The lowest BCUT2D eigenvalue weighted by Crippen LogP contribution is -2.29. The van der Waals surface area contributed by atoms with Crippen LogP contribution in [0, 0.1) is 11.8 Å². The fraction of sp³-hybridized carbons (Fsp3) is 0.714. The first kappa shape index (κ1) is 9.94. The molecule has 4 nitrogen and oxygen atoms in total. The lowest BCUT2D eigenvalue weighted by Gasteiger charge is -2.12. The average Bonchev–Trinajstić information content (AvgIpc) is 1.85. The molecule has 0 aromatic carbocycles. The highest BCUT2D eigenvalue weighted by molar-refractivity contribution is 5.93. The Labute approximate surface area is 64.8 Å². The van der Waals surface area contributed by atoms with Crippen LogP contribution in [0.2, 0.25) is 0 Å². The summed E-state index contributed by atoms with van der Waals surface area (Å²) in [7, 11) is 0. The van der Waals surface area contributed by atoms with Crippen molar-refractivity contribution in [3.8, 4) is 0 Å². The van der Waals surface area contributed by atoms with Gasteiger partial charge in [-0.15, -0.1) is 0 Å². The third kappa shape index (κ3) is 2.57. The maximum Gasteiger partial charge on any atom is 0.318 e. The van der Waals surface area contributed by atoms with Crippen molar-refractivity contribution in [3.05, 3.63) is 0 Å². The van der Waals surface area contributed by atoms with Crippen molar-refractivity contribution in [1.82, 2.24) is 0 Å². The number of aliphatic carboxylic acids is 2. The largest absolute Gasteiger partial charge is 0.481 e. The normalized spacial score (nSPS) is 13.0. The van der Waals surface area contributed by atoms with Crippen molar-refractivity contribution in [2.45, 2.75) is 20.3 Å². The van der Waals surface area contributed by atoms with Gasteiger partial charge in [-0.2, -0.15) is 0 Å². The molecule has 1 unspecified atom stereocenters. The predicted octanol–water partition coefficient (Wildman–Crippen LogP) is 0.818. The number of carboxylic acids is 2. The van der Waals surface area contributed by atoms with E-state index in [4.69, 9.17) is 10.2 Å². The Morgan fingerprint density at radius 1 is 1.27 bits per heavy atom. The van der Waals surface area contributed by atoms with Gasteiger partial charge >= 0.3 is 11.9 Å². The molecule has 0 aromatic heterocycles. The van der Waals surface area contributed by atoms with Gasteiger partial charge in [-0.25, -0.2) is 0 Å². The van der Waals surface area contributed by atoms with E-state index in [-0.39, 0.29) is 5.92 Å². The third-order valence-corrected chi connectivity index (χ3v) is 1.75. The molecule has 11 heavy (non-hydrogen) atoms. The van der Waals surface area contributed by atoms with Crippen LogP contribution >= 0.6 is 0 Å². The number of carbonyl (C=O) groups is 2. The predicted molar refractivity (Wildman–Crippen MR) is 38.2 cm³/mol. The summed E-state index contributed by atoms with van der Waals surface area (Å²) in [4.78, 5) is 20.7. The van der Waals surface area contributed by atoms with Crippen molar-refractivity contribution in [2.75, 3.05) is 0 Å². The summed E-state index contributed by atoms with van der Waals surface area (Å²) in [6.45, 7) is 3.39. The smallest absolute Gasteiger partial charge is 0.318 e. The maximum absolute atomic E-state index is 10.4. The van der Waals surface area contributed by atoms with Gasteiger partial charge < -0.3 is 10.2 Å². The van der Waals surface area contributed by atoms with E-state index in [0.717, 1.165) is 0 Å². The minimum absolute atomic E-state index is 0.315. The van der Waals surface area contributed by atoms with Crippen LogP contribution in [0.15, 0.2) is 0 Å². The van der Waals surface area contributed by atoms with Crippen molar-refractivity contribution in [1.29, 1.82) is 0 Å². The molecule has 0 radical (unpaired) electrons. The fourth-order valence-electron chi connectivity index (χ4n) is 0.828. The number of hydrogen-bond acceptors (Lipinski definition) is 2. The zero-order chi connectivity index (χ0) is 9.02. The molecule has 4 heteroatoms. The Hall–Kier alpha value is -1.06. The highest BCUT2D eigenvalue weighted by Crippen LogP contribution is 2.15. The van der Waals surface area contributed by atoms with E-state index >= 15 is 0 Å². The SMILES string of the molecule is CCC(C)C(C(=O)O)C(=O)O. The Balaban J connectivity index is 4.34. The Kier molecular flexibility index (Phi) is 3.57. The molecular formula is C7H12O4. The molecule has 0 aliphatic heterocycles. The summed E-state index contributed by atoms with van der Waals surface area (Å²) in [6.07, 6.45) is 0.559. The standard InChI is InChI=1S/C7H12O4/c1-3-4(2)5(6(8)9)7(10)11/h4-5H,3H2,1-2H3,(H,8,9)(H,10,11). The van der Waals surface area contributed by atoms with Gasteiger partial charge in [-0.05, 0) is 5.92 Å². The van der Waals surface area contributed by atoms with Crippen LogP contribution in [-0.4, -0.2) is 22.2 Å². The molecule has 0 heterocycles. The molecule has 2 N–H and O–H groups in total. The Bertz CT molecular complexity index is 150. The summed E-state index contributed by atoms with van der Waals surface area (Å²) < 4.78 is 0. The van der Waals surface area contributed by atoms with E-state index < -0.39 is 17.9 Å². The Morgan fingerprint density at radius 3 is 1.73 bits per heavy atom. The average molecular weight is 160 g/mol. The van der Waals surface area contributed by atoms with E-state index in [0.29, 0.717) is 6.42 Å². The first-order valence-electron chi connectivity index (χ1n) is 3.46. The minimum atomic E-state index is -1.26. The molecule has 0 bridgehead atoms. The van der Waals surface area contributed by atoms with Gasteiger partial charge in [0, 0.05) is 0 Å². The second-order valence-corrected chi connectivity index (χ2v) is 2.54. The monoisotopic (exact) mass is 160 g/mol. The van der Waals surface area contributed by atoms with Crippen LogP contribution in [0.5, 0.6) is 0 Å². The van der Waals surface area contributed by atoms with Crippen molar-refractivity contribution in [3.63, 3.8) is 0 Å². The molecule has 0 spiro atoms. The highest BCUT2D eigenvalue weighted by Gasteiger charge is 2.30. The highest BCUT2D eigenvalue weighted by atomic mass is 16.4. The van der Waals surface area contributed by atoms with Crippen molar-refractivity contribution >= 4 is 11.9 Å². The van der Waals surface area contributed by atoms with Gasteiger partial charge in [0.2, 0.25) is 0 Å². The third-order valence-electron chi connectivity index (χ3n) is 1.75. The second-order valence-electron chi connectivity index (χ2n) is 2.54. The van der Waals surface area contributed by atoms with Crippen LogP contribution < -0.4 is 0 Å². The molecule has 0 fully saturated rings. The van der Waals surface area contributed by atoms with Gasteiger partial charge in [0.25, 0.3) is 0 Å². The lowest BCUT2D eigenvalue weighted by molar-refractivity contribution is -0.156. The molecular weight excluding hydrogens is 148 g/mol. The molecule has 0 aliphatic rings. The first-order valence-corrected chi connectivity index (χ1v) is 3.46. The van der Waals surface area contributed by atoms with Gasteiger partial charge in [0.05, 0.1) is 0 Å². The molecule has 0 rings (SSSR count). The summed E-state index contributed by atoms with van der Waals surface area (Å²) >= 11 is 0. The fourth-order valence-corrected chi connectivity index (χ4v) is 0.828. The van der Waals surface area contributed by atoms with E-state index in [2.05, 4.69) is 0 Å². The zero-order valence-corrected chi connectivity index (χ0v) is 6.57. The van der Waals surface area contributed by atoms with Crippen LogP contribution in [0.3, 0.4) is 0 Å². The van der Waals surface area contributed by atoms with E-state index in [9.17, 15) is 9.59 Å². The molecule has 1 atom stereocenters. The maximum atomic E-state index is 10.4. The second kappa shape index (κ2) is 3.95. The van der Waals surface area contributed by atoms with E-state index in [1.807, 2.05) is 0 Å². The summed E-state index contributed by atoms with van der Waals surface area (Å²) in [5.41, 5.74) is 0. The minimum Gasteiger partial charge on any atom is -0.481 e. The number of hydrogen-bond donors (Lipinski definition) is 2. The van der Waals surface area contributed by atoms with Crippen molar-refractivity contribution in [2.24, 2.45) is 11.8 Å². The number of rotatable bonds is 4. The lowest BCUT2D eigenvalue weighted by atomic mass is 9.92. The van der Waals surface area contributed by atoms with Gasteiger partial charge in [-0.3, -0.25) is 9.59 Å². The van der Waals surface area contributed by atoms with Gasteiger partial charge in [0.1, 0.15) is 0 Å². The van der Waals surface area contributed by atoms with Crippen LogP contribution in [0.1, 0.15) is 20.3 Å². The number of carboxylic acid groups (broad SMARTS) is 2. The summed E-state index contributed by atoms with van der Waals surface area (Å²) in [6, 6.07) is 0. The van der Waals surface area contributed by atoms with Gasteiger partial charge in [-0.1, -0.05) is 20.3 Å². The quantitative estimate of drug-likeness (QED) is 0.597. The van der Waals surface area contributed by atoms with Gasteiger partial charge in [0.15, 0.2) is 5.92 Å². The van der Waals surface area contributed by atoms with Crippen molar-refractivity contribution < 1.29 is 19.8 Å². The van der Waals surface area contributed by atoms with Crippen LogP contribution in [-0.2, 0) is 9.59 Å². The van der Waals surface area contributed by atoms with Crippen LogP contribution in [0.4, 0.5) is 0 Å². The molecule has 0 saturated carbocycles. The zero-order valence-electron chi connectivity index (χ0n) is 6.57. The van der Waals surface area contributed by atoms with Crippen LogP contribution in [0.25, 0.3) is 0 Å². The summed E-state index contributed by atoms with van der Waals surface area (Å²) in [5.74, 6) is -4.09. The topological polar surface area (TPSA) is 74.6 Å². The molecule has 0 saturated heterocycles. The first-order chi connectivity index (χ1) is 5.00. The molecule has 64 valence electrons. The molecule has 0 aromatic rings. The molecule has 0 amide bonds. The van der Waals surface area contributed by atoms with E-state index in [1.165, 1.54) is 0 Å².